The zero-order valence-corrected chi connectivity index (χ0v) is 14.2. The van der Waals surface area contributed by atoms with Crippen LogP contribution < -0.4 is 11.0 Å². The van der Waals surface area contributed by atoms with Crippen molar-refractivity contribution in [1.82, 2.24) is 25.0 Å². The van der Waals surface area contributed by atoms with Gasteiger partial charge in [-0.2, -0.15) is 5.10 Å². The number of hydrogen-bond acceptors (Lipinski definition) is 3. The maximum absolute atomic E-state index is 14.1. The van der Waals surface area contributed by atoms with E-state index in [1.54, 1.807) is 23.1 Å². The summed E-state index contributed by atoms with van der Waals surface area (Å²) in [6.45, 7) is 3.85. The molecule has 1 aromatic heterocycles. The van der Waals surface area contributed by atoms with Crippen molar-refractivity contribution in [2.75, 3.05) is 19.6 Å². The topological polar surface area (TPSA) is 83.0 Å². The highest BCUT2D eigenvalue weighted by Gasteiger charge is 2.25. The van der Waals surface area contributed by atoms with Crippen LogP contribution in [0.2, 0.25) is 0 Å². The summed E-state index contributed by atoms with van der Waals surface area (Å²) in [4.78, 5) is 25.7. The third kappa shape index (κ3) is 3.72. The van der Waals surface area contributed by atoms with Crippen LogP contribution in [0.15, 0.2) is 29.1 Å². The van der Waals surface area contributed by atoms with Gasteiger partial charge in [0.2, 0.25) is 0 Å². The summed E-state index contributed by atoms with van der Waals surface area (Å²) in [5.74, 6) is 0.358. The number of hydrogen-bond donors (Lipinski definition) is 2. The Labute approximate surface area is 144 Å². The minimum Gasteiger partial charge on any atom is -0.338 e. The van der Waals surface area contributed by atoms with E-state index in [0.717, 1.165) is 12.8 Å². The minimum atomic E-state index is -0.460. The smallest absolute Gasteiger partial charge is 0.338 e. The highest BCUT2D eigenvalue weighted by Crippen LogP contribution is 2.22. The van der Waals surface area contributed by atoms with E-state index in [-0.39, 0.29) is 11.7 Å². The van der Waals surface area contributed by atoms with Gasteiger partial charge in [0.25, 0.3) is 0 Å². The van der Waals surface area contributed by atoms with Gasteiger partial charge in [-0.25, -0.2) is 23.6 Å². The second-order valence-corrected chi connectivity index (χ2v) is 6.20. The molecule has 0 atom stereocenters. The maximum Gasteiger partial charge on any atom is 0.348 e. The zero-order chi connectivity index (χ0) is 17.8. The van der Waals surface area contributed by atoms with Gasteiger partial charge in [0.15, 0.2) is 0 Å². The van der Waals surface area contributed by atoms with Gasteiger partial charge in [0, 0.05) is 26.1 Å². The summed E-state index contributed by atoms with van der Waals surface area (Å²) in [5.41, 5.74) is -0.240. The van der Waals surface area contributed by atoms with Crippen LogP contribution in [0.1, 0.15) is 25.6 Å². The standard InChI is InChI=1S/C17H22FN5O2/c1-2-19-16(24)22-9-7-12(8-10-22)11-15-20-21-17(25)23(15)14-6-4-3-5-13(14)18/h3-6,12H,2,7-11H2,1H3,(H,19,24)(H,21,25). The van der Waals surface area contributed by atoms with Crippen LogP contribution in [0, 0.1) is 11.7 Å². The quantitative estimate of drug-likeness (QED) is 0.883. The molecule has 2 amide bonds. The van der Waals surface area contributed by atoms with E-state index in [4.69, 9.17) is 0 Å². The molecular weight excluding hydrogens is 325 g/mol. The van der Waals surface area contributed by atoms with Crippen LogP contribution in [0.3, 0.4) is 0 Å². The number of para-hydroxylation sites is 1. The molecule has 7 nitrogen and oxygen atoms in total. The van der Waals surface area contributed by atoms with Gasteiger partial charge in [-0.3, -0.25) is 0 Å². The van der Waals surface area contributed by atoms with Crippen molar-refractivity contribution >= 4 is 6.03 Å². The number of urea groups is 1. The highest BCUT2D eigenvalue weighted by molar-refractivity contribution is 5.74. The van der Waals surface area contributed by atoms with Gasteiger partial charge >= 0.3 is 11.7 Å². The van der Waals surface area contributed by atoms with E-state index in [0.29, 0.717) is 37.8 Å². The van der Waals surface area contributed by atoms with Crippen molar-refractivity contribution < 1.29 is 9.18 Å². The third-order valence-electron chi connectivity index (χ3n) is 4.54. The van der Waals surface area contributed by atoms with E-state index in [1.165, 1.54) is 10.6 Å². The fourth-order valence-electron chi connectivity index (χ4n) is 3.21. The molecule has 1 aliphatic rings. The zero-order valence-electron chi connectivity index (χ0n) is 14.2. The van der Waals surface area contributed by atoms with Crippen LogP contribution in [0.4, 0.5) is 9.18 Å². The summed E-state index contributed by atoms with van der Waals surface area (Å²) in [5, 5.41) is 9.29. The Balaban J connectivity index is 1.71. The summed E-state index contributed by atoms with van der Waals surface area (Å²) >= 11 is 0. The van der Waals surface area contributed by atoms with Crippen molar-refractivity contribution in [1.29, 1.82) is 0 Å². The Hall–Kier alpha value is -2.64. The predicted octanol–water partition coefficient (Wildman–Crippen LogP) is 1.68. The largest absolute Gasteiger partial charge is 0.348 e. The van der Waals surface area contributed by atoms with E-state index >= 15 is 0 Å². The Kier molecular flexibility index (Phi) is 5.16. The van der Waals surface area contributed by atoms with Gasteiger partial charge < -0.3 is 10.2 Å². The molecule has 2 aromatic rings. The van der Waals surface area contributed by atoms with Gasteiger partial charge in [-0.1, -0.05) is 12.1 Å². The number of H-pyrrole nitrogens is 1. The normalized spacial score (nSPS) is 15.4. The number of nitrogens with one attached hydrogen (secondary N) is 2. The Morgan fingerprint density at radius 2 is 2.08 bits per heavy atom. The number of piperidine rings is 1. The molecule has 134 valence electrons. The molecule has 3 rings (SSSR count). The van der Waals surface area contributed by atoms with Gasteiger partial charge in [-0.15, -0.1) is 0 Å². The van der Waals surface area contributed by atoms with Crippen molar-refractivity contribution in [3.05, 3.63) is 46.4 Å². The molecule has 1 fully saturated rings. The molecule has 1 saturated heterocycles. The number of rotatable bonds is 4. The lowest BCUT2D eigenvalue weighted by Gasteiger charge is -2.31. The number of halogens is 1. The molecule has 25 heavy (non-hydrogen) atoms. The number of amides is 2. The number of nitrogens with zero attached hydrogens (tertiary/aromatic N) is 3. The summed E-state index contributed by atoms with van der Waals surface area (Å²) < 4.78 is 15.3. The molecule has 1 aromatic carbocycles. The lowest BCUT2D eigenvalue weighted by Crippen LogP contribution is -2.44. The molecule has 8 heteroatoms. The molecule has 0 saturated carbocycles. The Morgan fingerprint density at radius 3 is 2.76 bits per heavy atom. The lowest BCUT2D eigenvalue weighted by atomic mass is 9.93. The number of aromatic nitrogens is 3. The summed E-state index contributed by atoms with van der Waals surface area (Å²) in [6, 6.07) is 6.12. The van der Waals surface area contributed by atoms with Crippen LogP contribution in [-0.2, 0) is 6.42 Å². The molecule has 0 unspecified atom stereocenters. The second-order valence-electron chi connectivity index (χ2n) is 6.20. The molecule has 0 radical (unpaired) electrons. The molecule has 2 N–H and O–H groups in total. The van der Waals surface area contributed by atoms with E-state index in [2.05, 4.69) is 15.5 Å². The molecular formula is C17H22FN5O2. The summed E-state index contributed by atoms with van der Waals surface area (Å²) in [6.07, 6.45) is 2.22. The van der Waals surface area contributed by atoms with Crippen molar-refractivity contribution in [3.63, 3.8) is 0 Å². The van der Waals surface area contributed by atoms with Crippen LogP contribution in [-0.4, -0.2) is 45.3 Å². The van der Waals surface area contributed by atoms with Crippen LogP contribution in [0.25, 0.3) is 5.69 Å². The molecule has 1 aliphatic heterocycles. The first kappa shape index (κ1) is 17.2. The van der Waals surface area contributed by atoms with Gasteiger partial charge in [0.05, 0.1) is 5.69 Å². The second kappa shape index (κ2) is 7.50. The van der Waals surface area contributed by atoms with E-state index in [1.807, 2.05) is 6.92 Å². The Bertz CT molecular complexity index is 792. The first-order valence-electron chi connectivity index (χ1n) is 8.54. The van der Waals surface area contributed by atoms with Crippen LogP contribution >= 0.6 is 0 Å². The minimum absolute atomic E-state index is 0.0380. The van der Waals surface area contributed by atoms with E-state index in [9.17, 15) is 14.0 Å². The fraction of sp³-hybridized carbons (Fsp3) is 0.471. The first-order chi connectivity index (χ1) is 12.1. The lowest BCUT2D eigenvalue weighted by molar-refractivity contribution is 0.170. The monoisotopic (exact) mass is 347 g/mol. The van der Waals surface area contributed by atoms with Crippen molar-refractivity contribution in [3.8, 4) is 5.69 Å². The van der Waals surface area contributed by atoms with Gasteiger partial charge in [0.1, 0.15) is 11.6 Å². The number of benzene rings is 1. The van der Waals surface area contributed by atoms with Crippen molar-refractivity contribution in [2.45, 2.75) is 26.2 Å². The maximum atomic E-state index is 14.1. The number of carbonyl (C=O) groups excluding carboxylic acids is 1. The first-order valence-corrected chi connectivity index (χ1v) is 8.54. The average Bonchev–Trinajstić information content (AvgIpc) is 2.96. The Morgan fingerprint density at radius 1 is 1.36 bits per heavy atom. The molecule has 2 heterocycles. The van der Waals surface area contributed by atoms with Crippen LogP contribution in [0.5, 0.6) is 0 Å². The highest BCUT2D eigenvalue weighted by atomic mass is 19.1. The number of carbonyl (C=O) groups is 1. The van der Waals surface area contributed by atoms with Gasteiger partial charge in [-0.05, 0) is 37.8 Å². The third-order valence-corrected chi connectivity index (χ3v) is 4.54. The average molecular weight is 347 g/mol. The number of likely N-dealkylation sites (tertiary alicyclic amines) is 1. The fourth-order valence-corrected chi connectivity index (χ4v) is 3.21. The number of aromatic amines is 1. The molecule has 0 aliphatic carbocycles. The molecule has 0 bridgehead atoms. The molecule has 0 spiro atoms. The van der Waals surface area contributed by atoms with E-state index < -0.39 is 11.5 Å². The predicted molar refractivity (Wildman–Crippen MR) is 91.2 cm³/mol. The SMILES string of the molecule is CCNC(=O)N1CCC(Cc2n[nH]c(=O)n2-c2ccccc2F)CC1. The summed E-state index contributed by atoms with van der Waals surface area (Å²) in [7, 11) is 0. The van der Waals surface area contributed by atoms with Crippen molar-refractivity contribution in [2.24, 2.45) is 5.92 Å².